The lowest BCUT2D eigenvalue weighted by Crippen LogP contribution is -2.41. The molecule has 1 atom stereocenters. The van der Waals surface area contributed by atoms with E-state index in [9.17, 15) is 4.79 Å². The van der Waals surface area contributed by atoms with E-state index in [1.165, 1.54) is 12.8 Å². The van der Waals surface area contributed by atoms with Crippen molar-refractivity contribution in [2.45, 2.75) is 70.9 Å². The lowest BCUT2D eigenvalue weighted by Gasteiger charge is -2.34. The quantitative estimate of drug-likeness (QED) is 0.802. The maximum atomic E-state index is 12.1. The summed E-state index contributed by atoms with van der Waals surface area (Å²) < 4.78 is 0. The smallest absolute Gasteiger partial charge is 0.224 e. The van der Waals surface area contributed by atoms with Gasteiger partial charge >= 0.3 is 0 Å². The van der Waals surface area contributed by atoms with Crippen LogP contribution < -0.4 is 5.73 Å². The van der Waals surface area contributed by atoms with Gasteiger partial charge in [0.15, 0.2) is 0 Å². The number of nitrogens with zero attached hydrogens (tertiary/aromatic N) is 1. The van der Waals surface area contributed by atoms with Crippen LogP contribution in [-0.4, -0.2) is 29.9 Å². The average Bonchev–Trinajstić information content (AvgIpc) is 2.29. The van der Waals surface area contributed by atoms with Crippen molar-refractivity contribution >= 4 is 5.91 Å². The summed E-state index contributed by atoms with van der Waals surface area (Å²) in [6, 6.07) is 0.491. The molecule has 1 saturated carbocycles. The van der Waals surface area contributed by atoms with Gasteiger partial charge in [0.1, 0.15) is 0 Å². The Morgan fingerprint density at radius 2 is 1.94 bits per heavy atom. The first-order valence-electron chi connectivity index (χ1n) is 7.05. The SMILES string of the molecule is CCCC(N)CC(=O)N(C)C1CCC(C)CC1. The summed E-state index contributed by atoms with van der Waals surface area (Å²) in [7, 11) is 1.95. The van der Waals surface area contributed by atoms with Crippen LogP contribution in [0.3, 0.4) is 0 Å². The summed E-state index contributed by atoms with van der Waals surface area (Å²) in [5, 5.41) is 0. The molecule has 1 aliphatic carbocycles. The van der Waals surface area contributed by atoms with Crippen LogP contribution in [0.4, 0.5) is 0 Å². The Kier molecular flexibility index (Phi) is 5.96. The summed E-state index contributed by atoms with van der Waals surface area (Å²) in [5.41, 5.74) is 5.93. The van der Waals surface area contributed by atoms with Gasteiger partial charge < -0.3 is 10.6 Å². The number of rotatable bonds is 5. The predicted octanol–water partition coefficient (Wildman–Crippen LogP) is 2.54. The molecular weight excluding hydrogens is 212 g/mol. The zero-order chi connectivity index (χ0) is 12.8. The second kappa shape index (κ2) is 7.00. The molecule has 1 unspecified atom stereocenters. The second-order valence-electron chi connectivity index (χ2n) is 5.67. The van der Waals surface area contributed by atoms with Crippen LogP contribution in [0.5, 0.6) is 0 Å². The van der Waals surface area contributed by atoms with Crippen molar-refractivity contribution in [3.8, 4) is 0 Å². The van der Waals surface area contributed by atoms with Crippen LogP contribution in [0.25, 0.3) is 0 Å². The van der Waals surface area contributed by atoms with E-state index in [1.54, 1.807) is 0 Å². The number of amides is 1. The molecule has 0 aliphatic heterocycles. The van der Waals surface area contributed by atoms with Gasteiger partial charge in [-0.2, -0.15) is 0 Å². The molecule has 3 heteroatoms. The highest BCUT2D eigenvalue weighted by Gasteiger charge is 2.25. The average molecular weight is 240 g/mol. The van der Waals surface area contributed by atoms with Crippen molar-refractivity contribution in [3.05, 3.63) is 0 Å². The van der Waals surface area contributed by atoms with E-state index >= 15 is 0 Å². The molecule has 100 valence electrons. The van der Waals surface area contributed by atoms with Crippen LogP contribution >= 0.6 is 0 Å². The standard InChI is InChI=1S/C14H28N2O/c1-4-5-12(15)10-14(17)16(3)13-8-6-11(2)7-9-13/h11-13H,4-10,15H2,1-3H3. The van der Waals surface area contributed by atoms with Crippen LogP contribution in [0.2, 0.25) is 0 Å². The van der Waals surface area contributed by atoms with E-state index in [0.29, 0.717) is 12.5 Å². The molecule has 3 nitrogen and oxygen atoms in total. The molecule has 1 rings (SSSR count). The van der Waals surface area contributed by atoms with Crippen molar-refractivity contribution in [2.24, 2.45) is 11.7 Å². The second-order valence-corrected chi connectivity index (χ2v) is 5.67. The Bertz CT molecular complexity index is 234. The molecule has 0 heterocycles. The maximum Gasteiger partial charge on any atom is 0.224 e. The fraction of sp³-hybridized carbons (Fsp3) is 0.929. The van der Waals surface area contributed by atoms with Gasteiger partial charge in [0.05, 0.1) is 0 Å². The Morgan fingerprint density at radius 3 is 2.47 bits per heavy atom. The van der Waals surface area contributed by atoms with Gasteiger partial charge in [-0.15, -0.1) is 0 Å². The van der Waals surface area contributed by atoms with Gasteiger partial charge in [-0.25, -0.2) is 0 Å². The predicted molar refractivity (Wildman–Crippen MR) is 71.7 cm³/mol. The van der Waals surface area contributed by atoms with Crippen LogP contribution in [0, 0.1) is 5.92 Å². The zero-order valence-corrected chi connectivity index (χ0v) is 11.6. The van der Waals surface area contributed by atoms with E-state index in [4.69, 9.17) is 5.73 Å². The lowest BCUT2D eigenvalue weighted by atomic mass is 9.86. The molecule has 2 N–H and O–H groups in total. The first kappa shape index (κ1) is 14.5. The Labute approximate surface area is 106 Å². The molecule has 0 saturated heterocycles. The van der Waals surface area contributed by atoms with Gasteiger partial charge in [-0.1, -0.05) is 20.3 Å². The van der Waals surface area contributed by atoms with Gasteiger partial charge in [0.25, 0.3) is 0 Å². The van der Waals surface area contributed by atoms with E-state index in [1.807, 2.05) is 11.9 Å². The summed E-state index contributed by atoms with van der Waals surface area (Å²) in [5.74, 6) is 1.06. The minimum Gasteiger partial charge on any atom is -0.343 e. The van der Waals surface area contributed by atoms with Gasteiger partial charge in [0, 0.05) is 25.6 Å². The minimum absolute atomic E-state index is 0.0393. The van der Waals surface area contributed by atoms with Gasteiger partial charge in [0.2, 0.25) is 5.91 Å². The maximum absolute atomic E-state index is 12.1. The molecule has 0 aromatic carbocycles. The summed E-state index contributed by atoms with van der Waals surface area (Å²) >= 11 is 0. The van der Waals surface area contributed by atoms with Crippen molar-refractivity contribution in [1.29, 1.82) is 0 Å². The largest absolute Gasteiger partial charge is 0.343 e. The molecule has 1 fully saturated rings. The van der Waals surface area contributed by atoms with E-state index in [-0.39, 0.29) is 11.9 Å². The molecule has 0 radical (unpaired) electrons. The fourth-order valence-corrected chi connectivity index (χ4v) is 2.67. The van der Waals surface area contributed by atoms with Crippen LogP contribution in [0.15, 0.2) is 0 Å². The normalized spacial score (nSPS) is 26.6. The third-order valence-electron chi connectivity index (χ3n) is 4.02. The number of hydrogen-bond acceptors (Lipinski definition) is 2. The van der Waals surface area contributed by atoms with E-state index in [0.717, 1.165) is 31.6 Å². The molecule has 0 aromatic rings. The Balaban J connectivity index is 2.35. The number of carbonyl (C=O) groups excluding carboxylic acids is 1. The van der Waals surface area contributed by atoms with Gasteiger partial charge in [-0.3, -0.25) is 4.79 Å². The molecule has 1 amide bonds. The topological polar surface area (TPSA) is 46.3 Å². The highest BCUT2D eigenvalue weighted by Crippen LogP contribution is 2.26. The summed E-state index contributed by atoms with van der Waals surface area (Å²) in [6.45, 7) is 4.41. The van der Waals surface area contributed by atoms with Crippen LogP contribution in [-0.2, 0) is 4.79 Å². The molecule has 17 heavy (non-hydrogen) atoms. The number of nitrogens with two attached hydrogens (primary N) is 1. The molecular formula is C14H28N2O. The van der Waals surface area contributed by atoms with Crippen molar-refractivity contribution in [2.75, 3.05) is 7.05 Å². The minimum atomic E-state index is 0.0393. The Morgan fingerprint density at radius 1 is 1.35 bits per heavy atom. The summed E-state index contributed by atoms with van der Waals surface area (Å²) in [4.78, 5) is 14.0. The van der Waals surface area contributed by atoms with Crippen molar-refractivity contribution in [3.63, 3.8) is 0 Å². The molecule has 1 aliphatic rings. The number of hydrogen-bond donors (Lipinski definition) is 1. The van der Waals surface area contributed by atoms with Crippen molar-refractivity contribution in [1.82, 2.24) is 4.90 Å². The number of carbonyl (C=O) groups is 1. The molecule has 0 aromatic heterocycles. The lowest BCUT2D eigenvalue weighted by molar-refractivity contribution is -0.133. The van der Waals surface area contributed by atoms with Crippen LogP contribution in [0.1, 0.15) is 58.8 Å². The highest BCUT2D eigenvalue weighted by atomic mass is 16.2. The molecule has 0 bridgehead atoms. The van der Waals surface area contributed by atoms with E-state index < -0.39 is 0 Å². The first-order valence-corrected chi connectivity index (χ1v) is 7.05. The van der Waals surface area contributed by atoms with Gasteiger partial charge in [-0.05, 0) is 38.0 Å². The third-order valence-corrected chi connectivity index (χ3v) is 4.02. The van der Waals surface area contributed by atoms with E-state index in [2.05, 4.69) is 13.8 Å². The summed E-state index contributed by atoms with van der Waals surface area (Å²) in [6.07, 6.45) is 7.34. The zero-order valence-electron chi connectivity index (χ0n) is 11.6. The monoisotopic (exact) mass is 240 g/mol. The third kappa shape index (κ3) is 4.66. The first-order chi connectivity index (χ1) is 8.04. The van der Waals surface area contributed by atoms with Crippen molar-refractivity contribution < 1.29 is 4.79 Å². The fourth-order valence-electron chi connectivity index (χ4n) is 2.67. The molecule has 0 spiro atoms. The highest BCUT2D eigenvalue weighted by molar-refractivity contribution is 5.76. The Hall–Kier alpha value is -0.570.